The van der Waals surface area contributed by atoms with Gasteiger partial charge >= 0.3 is 6.09 Å². The summed E-state index contributed by atoms with van der Waals surface area (Å²) in [6, 6.07) is 7.88. The molecule has 0 radical (unpaired) electrons. The molecule has 3 N–H and O–H groups in total. The first-order chi connectivity index (χ1) is 14.1. The van der Waals surface area contributed by atoms with Crippen molar-refractivity contribution in [3.63, 3.8) is 0 Å². The predicted molar refractivity (Wildman–Crippen MR) is 119 cm³/mol. The number of nitrogens with zero attached hydrogens (tertiary/aromatic N) is 2. The molecule has 0 atom stereocenters. The van der Waals surface area contributed by atoms with Crippen LogP contribution in [0.5, 0.6) is 0 Å². The van der Waals surface area contributed by atoms with Crippen LogP contribution in [0.3, 0.4) is 0 Å². The highest BCUT2D eigenvalue weighted by molar-refractivity contribution is 5.90. The van der Waals surface area contributed by atoms with Crippen molar-refractivity contribution in [3.05, 3.63) is 29.8 Å². The van der Waals surface area contributed by atoms with E-state index >= 15 is 0 Å². The molecule has 2 rings (SSSR count). The molecular weight excluding hydrogens is 382 g/mol. The van der Waals surface area contributed by atoms with Gasteiger partial charge in [0.2, 0.25) is 5.91 Å². The number of nitrogens with one attached hydrogen (secondary N) is 3. The number of benzene rings is 1. The van der Waals surface area contributed by atoms with Gasteiger partial charge in [-0.15, -0.1) is 0 Å². The van der Waals surface area contributed by atoms with E-state index in [0.717, 1.165) is 11.3 Å². The Labute approximate surface area is 179 Å². The Hall–Kier alpha value is -2.77. The van der Waals surface area contributed by atoms with Gasteiger partial charge in [0.25, 0.3) is 0 Å². The molecule has 166 valence electrons. The standard InChI is InChI=1S/C22H35N5O3/c1-15(2)10-19(28)25-17-9-7-8-16(11-17)12-24-20(23-6)26-18-13-27(14-18)21(29)30-22(3,4)5/h7-9,11,15,18H,10,12-14H2,1-6H3,(H,25,28)(H2,23,24,26). The number of hydrogen-bond donors (Lipinski definition) is 3. The maximum atomic E-state index is 12.0. The largest absolute Gasteiger partial charge is 0.444 e. The second-order valence-electron chi connectivity index (χ2n) is 9.00. The van der Waals surface area contributed by atoms with Crippen molar-refractivity contribution in [2.24, 2.45) is 10.9 Å². The molecule has 0 saturated carbocycles. The third-order valence-corrected chi connectivity index (χ3v) is 4.36. The molecule has 1 aromatic carbocycles. The van der Waals surface area contributed by atoms with Crippen molar-refractivity contribution in [1.82, 2.24) is 15.5 Å². The third kappa shape index (κ3) is 7.93. The minimum Gasteiger partial charge on any atom is -0.444 e. The van der Waals surface area contributed by atoms with Crippen LogP contribution in [0.25, 0.3) is 0 Å². The Morgan fingerprint density at radius 1 is 1.27 bits per heavy atom. The minimum atomic E-state index is -0.490. The monoisotopic (exact) mass is 417 g/mol. The Morgan fingerprint density at radius 3 is 2.57 bits per heavy atom. The molecule has 1 aliphatic rings. The highest BCUT2D eigenvalue weighted by Crippen LogP contribution is 2.15. The SMILES string of the molecule is CN=C(NCc1cccc(NC(=O)CC(C)C)c1)NC1CN(C(=O)OC(C)(C)C)C1. The van der Waals surface area contributed by atoms with Crippen LogP contribution in [0.1, 0.15) is 46.6 Å². The van der Waals surface area contributed by atoms with E-state index in [1.807, 2.05) is 58.9 Å². The lowest BCUT2D eigenvalue weighted by Gasteiger charge is -2.40. The van der Waals surface area contributed by atoms with Gasteiger partial charge in [-0.1, -0.05) is 26.0 Å². The normalized spacial score (nSPS) is 14.9. The maximum absolute atomic E-state index is 12.0. The number of amides is 2. The average molecular weight is 418 g/mol. The summed E-state index contributed by atoms with van der Waals surface area (Å²) in [5.41, 5.74) is 1.33. The molecule has 2 amide bonds. The topological polar surface area (TPSA) is 95.1 Å². The fraction of sp³-hybridized carbons (Fsp3) is 0.591. The van der Waals surface area contributed by atoms with Gasteiger partial charge in [0.1, 0.15) is 5.60 Å². The molecule has 1 saturated heterocycles. The van der Waals surface area contributed by atoms with Crippen molar-refractivity contribution >= 4 is 23.6 Å². The van der Waals surface area contributed by atoms with E-state index in [9.17, 15) is 9.59 Å². The number of guanidine groups is 1. The van der Waals surface area contributed by atoms with Gasteiger partial charge < -0.3 is 25.6 Å². The summed E-state index contributed by atoms with van der Waals surface area (Å²) in [6.07, 6.45) is 0.209. The molecule has 0 aromatic heterocycles. The van der Waals surface area contributed by atoms with Gasteiger partial charge in [0.05, 0.1) is 6.04 Å². The Morgan fingerprint density at radius 2 is 1.97 bits per heavy atom. The van der Waals surface area contributed by atoms with E-state index in [2.05, 4.69) is 20.9 Å². The first-order valence-corrected chi connectivity index (χ1v) is 10.4. The Bertz CT molecular complexity index is 764. The van der Waals surface area contributed by atoms with E-state index < -0.39 is 5.60 Å². The molecule has 1 aliphatic heterocycles. The number of likely N-dealkylation sites (tertiary alicyclic amines) is 1. The zero-order valence-corrected chi connectivity index (χ0v) is 18.9. The number of carbonyl (C=O) groups is 2. The molecule has 0 bridgehead atoms. The predicted octanol–water partition coefficient (Wildman–Crippen LogP) is 2.96. The quantitative estimate of drug-likeness (QED) is 0.489. The van der Waals surface area contributed by atoms with Gasteiger partial charge in [-0.05, 0) is 44.4 Å². The fourth-order valence-corrected chi connectivity index (χ4v) is 2.96. The fourth-order valence-electron chi connectivity index (χ4n) is 2.96. The smallest absolute Gasteiger partial charge is 0.410 e. The summed E-state index contributed by atoms with van der Waals surface area (Å²) in [4.78, 5) is 29.9. The number of aliphatic imine (C=N–C) groups is 1. The van der Waals surface area contributed by atoms with Crippen molar-refractivity contribution in [1.29, 1.82) is 0 Å². The van der Waals surface area contributed by atoms with E-state index in [1.54, 1.807) is 11.9 Å². The van der Waals surface area contributed by atoms with Crippen LogP contribution >= 0.6 is 0 Å². The van der Waals surface area contributed by atoms with Crippen molar-refractivity contribution in [2.75, 3.05) is 25.5 Å². The zero-order valence-electron chi connectivity index (χ0n) is 18.9. The molecule has 0 spiro atoms. The summed E-state index contributed by atoms with van der Waals surface area (Å²) >= 11 is 0. The van der Waals surface area contributed by atoms with Gasteiger partial charge in [0.15, 0.2) is 5.96 Å². The molecule has 8 nitrogen and oxygen atoms in total. The summed E-state index contributed by atoms with van der Waals surface area (Å²) in [5.74, 6) is 1.01. The number of carbonyl (C=O) groups excluding carboxylic acids is 2. The van der Waals surface area contributed by atoms with E-state index in [4.69, 9.17) is 4.74 Å². The zero-order chi connectivity index (χ0) is 22.3. The van der Waals surface area contributed by atoms with Crippen LogP contribution < -0.4 is 16.0 Å². The lowest BCUT2D eigenvalue weighted by molar-refractivity contribution is -0.116. The molecule has 1 fully saturated rings. The van der Waals surface area contributed by atoms with Crippen LogP contribution in [0, 0.1) is 5.92 Å². The van der Waals surface area contributed by atoms with E-state index in [1.165, 1.54) is 0 Å². The lowest BCUT2D eigenvalue weighted by Crippen LogP contribution is -2.63. The Kier molecular flexibility index (Phi) is 8.08. The van der Waals surface area contributed by atoms with Crippen LogP contribution in [0.4, 0.5) is 10.5 Å². The van der Waals surface area contributed by atoms with Crippen molar-refractivity contribution in [3.8, 4) is 0 Å². The highest BCUT2D eigenvalue weighted by Gasteiger charge is 2.34. The number of rotatable bonds is 6. The van der Waals surface area contributed by atoms with E-state index in [-0.39, 0.29) is 18.0 Å². The third-order valence-electron chi connectivity index (χ3n) is 4.36. The summed E-state index contributed by atoms with van der Waals surface area (Å²) in [6.45, 7) is 11.3. The van der Waals surface area contributed by atoms with Crippen LogP contribution in [0.2, 0.25) is 0 Å². The summed E-state index contributed by atoms with van der Waals surface area (Å²) < 4.78 is 5.37. The first-order valence-electron chi connectivity index (χ1n) is 10.4. The van der Waals surface area contributed by atoms with E-state index in [0.29, 0.717) is 37.9 Å². The first kappa shape index (κ1) is 23.5. The Balaban J connectivity index is 1.78. The molecule has 30 heavy (non-hydrogen) atoms. The van der Waals surface area contributed by atoms with Gasteiger partial charge in [-0.3, -0.25) is 9.79 Å². The molecular formula is C22H35N5O3. The highest BCUT2D eigenvalue weighted by atomic mass is 16.6. The van der Waals surface area contributed by atoms with Gasteiger partial charge in [0, 0.05) is 38.8 Å². The number of anilines is 1. The van der Waals surface area contributed by atoms with Gasteiger partial charge in [-0.2, -0.15) is 0 Å². The summed E-state index contributed by atoms with van der Waals surface area (Å²) in [5, 5.41) is 9.52. The van der Waals surface area contributed by atoms with Gasteiger partial charge in [-0.25, -0.2) is 4.79 Å². The number of ether oxygens (including phenoxy) is 1. The lowest BCUT2D eigenvalue weighted by atomic mass is 10.1. The minimum absolute atomic E-state index is 0.0205. The molecule has 8 heteroatoms. The summed E-state index contributed by atoms with van der Waals surface area (Å²) in [7, 11) is 1.71. The maximum Gasteiger partial charge on any atom is 0.410 e. The van der Waals surface area contributed by atoms with Crippen LogP contribution in [-0.4, -0.2) is 54.6 Å². The molecule has 0 unspecified atom stereocenters. The molecule has 0 aliphatic carbocycles. The van der Waals surface area contributed by atoms with Crippen molar-refractivity contribution < 1.29 is 14.3 Å². The second-order valence-corrected chi connectivity index (χ2v) is 9.00. The average Bonchev–Trinajstić information content (AvgIpc) is 2.58. The number of hydrogen-bond acceptors (Lipinski definition) is 4. The molecule has 1 aromatic rings. The van der Waals surface area contributed by atoms with Crippen molar-refractivity contribution in [2.45, 2.75) is 59.2 Å². The van der Waals surface area contributed by atoms with Crippen LogP contribution in [-0.2, 0) is 16.1 Å². The van der Waals surface area contributed by atoms with Crippen LogP contribution in [0.15, 0.2) is 29.3 Å². The molecule has 1 heterocycles. The second kappa shape index (κ2) is 10.3.